The normalized spacial score (nSPS) is 11.1. The summed E-state index contributed by atoms with van der Waals surface area (Å²) in [6, 6.07) is 15.7. The van der Waals surface area contributed by atoms with E-state index in [1.54, 1.807) is 18.0 Å². The van der Waals surface area contributed by atoms with E-state index < -0.39 is 0 Å². The number of methoxy groups -OCH3 is 1. The molecule has 0 saturated heterocycles. The van der Waals surface area contributed by atoms with Gasteiger partial charge in [0.25, 0.3) is 0 Å². The Morgan fingerprint density at radius 1 is 1.18 bits per heavy atom. The van der Waals surface area contributed by atoms with Crippen LogP contribution in [0.4, 0.5) is 0 Å². The molecule has 6 nitrogen and oxygen atoms in total. The molecular formula is C21H24N4O2S. The fourth-order valence-electron chi connectivity index (χ4n) is 2.74. The summed E-state index contributed by atoms with van der Waals surface area (Å²) in [5, 5.41) is 11.6. The molecule has 3 rings (SSSR count). The van der Waals surface area contributed by atoms with Crippen LogP contribution in [0.25, 0.3) is 0 Å². The van der Waals surface area contributed by atoms with Crippen molar-refractivity contribution in [2.45, 2.75) is 32.8 Å². The molecule has 0 radical (unpaired) electrons. The van der Waals surface area contributed by atoms with Crippen molar-refractivity contribution in [3.63, 3.8) is 0 Å². The number of hydrogen-bond acceptors (Lipinski definition) is 5. The Morgan fingerprint density at radius 2 is 2.00 bits per heavy atom. The molecule has 7 heteroatoms. The number of aromatic amines is 1. The third-order valence-corrected chi connectivity index (χ3v) is 4.50. The minimum absolute atomic E-state index is 0.439. The number of aromatic nitrogens is 3. The van der Waals surface area contributed by atoms with Crippen LogP contribution in [0.1, 0.15) is 36.7 Å². The highest BCUT2D eigenvalue weighted by atomic mass is 32.1. The lowest BCUT2D eigenvalue weighted by molar-refractivity contribution is 0.284. The molecule has 0 amide bonds. The number of rotatable bonds is 9. The predicted molar refractivity (Wildman–Crippen MR) is 113 cm³/mol. The highest BCUT2D eigenvalue weighted by Gasteiger charge is 2.11. The molecule has 0 fully saturated rings. The maximum atomic E-state index is 6.07. The van der Waals surface area contributed by atoms with Crippen molar-refractivity contribution in [3.8, 4) is 11.5 Å². The zero-order chi connectivity index (χ0) is 19.8. The number of nitrogens with one attached hydrogen (secondary N) is 1. The zero-order valence-corrected chi connectivity index (χ0v) is 16.9. The van der Waals surface area contributed by atoms with Gasteiger partial charge in [-0.3, -0.25) is 5.10 Å². The van der Waals surface area contributed by atoms with Crippen molar-refractivity contribution in [2.75, 3.05) is 7.11 Å². The van der Waals surface area contributed by atoms with Crippen LogP contribution in [0.3, 0.4) is 0 Å². The molecule has 146 valence electrons. The molecule has 0 aliphatic heterocycles. The molecule has 0 aliphatic rings. The van der Waals surface area contributed by atoms with Gasteiger partial charge in [0.1, 0.15) is 6.61 Å². The minimum atomic E-state index is 0.439. The minimum Gasteiger partial charge on any atom is -0.493 e. The van der Waals surface area contributed by atoms with Crippen molar-refractivity contribution in [1.29, 1.82) is 0 Å². The van der Waals surface area contributed by atoms with Gasteiger partial charge >= 0.3 is 0 Å². The van der Waals surface area contributed by atoms with E-state index in [9.17, 15) is 0 Å². The Kier molecular flexibility index (Phi) is 6.97. The van der Waals surface area contributed by atoms with Crippen LogP contribution in [0.15, 0.2) is 53.6 Å². The van der Waals surface area contributed by atoms with Crippen molar-refractivity contribution in [3.05, 3.63) is 70.3 Å². The summed E-state index contributed by atoms with van der Waals surface area (Å²) in [4.78, 5) is 0. The van der Waals surface area contributed by atoms with E-state index in [-0.39, 0.29) is 0 Å². The maximum Gasteiger partial charge on any atom is 0.216 e. The first-order valence-electron chi connectivity index (χ1n) is 9.27. The second-order valence-electron chi connectivity index (χ2n) is 6.26. The number of hydrogen-bond donors (Lipinski definition) is 1. The van der Waals surface area contributed by atoms with Crippen LogP contribution in [0, 0.1) is 4.77 Å². The first kappa shape index (κ1) is 19.8. The van der Waals surface area contributed by atoms with Gasteiger partial charge in [-0.15, -0.1) is 0 Å². The number of ether oxygens (including phenoxy) is 2. The number of para-hydroxylation sites is 1. The number of nitrogens with zero attached hydrogens (tertiary/aromatic N) is 3. The number of unbranched alkanes of at least 4 members (excludes halogenated alkanes) is 1. The number of H-pyrrole nitrogens is 1. The van der Waals surface area contributed by atoms with Crippen LogP contribution in [-0.4, -0.2) is 28.2 Å². The summed E-state index contributed by atoms with van der Waals surface area (Å²) >= 11 is 5.31. The van der Waals surface area contributed by atoms with Crippen LogP contribution in [0.5, 0.6) is 11.5 Å². The highest BCUT2D eigenvalue weighted by molar-refractivity contribution is 7.71. The first-order valence-corrected chi connectivity index (χ1v) is 9.68. The molecule has 3 aromatic rings. The fraction of sp³-hybridized carbons (Fsp3) is 0.286. The largest absolute Gasteiger partial charge is 0.493 e. The van der Waals surface area contributed by atoms with Crippen LogP contribution >= 0.6 is 12.2 Å². The summed E-state index contributed by atoms with van der Waals surface area (Å²) < 4.78 is 13.7. The van der Waals surface area contributed by atoms with Gasteiger partial charge in [-0.1, -0.05) is 49.7 Å². The molecule has 2 aromatic carbocycles. The second kappa shape index (κ2) is 9.85. The maximum absolute atomic E-state index is 6.07. The Labute approximate surface area is 169 Å². The molecule has 1 heterocycles. The van der Waals surface area contributed by atoms with E-state index in [0.29, 0.717) is 22.9 Å². The van der Waals surface area contributed by atoms with Crippen LogP contribution in [0.2, 0.25) is 0 Å². The van der Waals surface area contributed by atoms with Gasteiger partial charge in [0.15, 0.2) is 17.3 Å². The molecule has 28 heavy (non-hydrogen) atoms. The van der Waals surface area contributed by atoms with E-state index in [1.165, 1.54) is 0 Å². The molecule has 1 N–H and O–H groups in total. The molecule has 0 bridgehead atoms. The standard InChI is InChI=1S/C21H24N4O2S/c1-3-4-13-19-23-24-21(28)25(19)22-14-17-11-8-12-18(26-2)20(17)27-15-16-9-6-5-7-10-16/h5-12,14H,3-4,13,15H2,1-2H3,(H,24,28)/b22-14+. The lowest BCUT2D eigenvalue weighted by Crippen LogP contribution is -2.02. The van der Waals surface area contributed by atoms with Crippen molar-refractivity contribution in [1.82, 2.24) is 14.9 Å². The summed E-state index contributed by atoms with van der Waals surface area (Å²) in [6.07, 6.45) is 4.65. The monoisotopic (exact) mass is 396 g/mol. The summed E-state index contributed by atoms with van der Waals surface area (Å²) in [6.45, 7) is 2.58. The van der Waals surface area contributed by atoms with E-state index in [4.69, 9.17) is 21.7 Å². The van der Waals surface area contributed by atoms with Crippen molar-refractivity contribution < 1.29 is 9.47 Å². The van der Waals surface area contributed by atoms with E-state index in [1.807, 2.05) is 48.5 Å². The topological polar surface area (TPSA) is 64.4 Å². The van der Waals surface area contributed by atoms with Gasteiger partial charge in [0.2, 0.25) is 4.77 Å². The summed E-state index contributed by atoms with van der Waals surface area (Å²) in [5.41, 5.74) is 1.88. The van der Waals surface area contributed by atoms with Crippen LogP contribution < -0.4 is 9.47 Å². The Balaban J connectivity index is 1.87. The smallest absolute Gasteiger partial charge is 0.216 e. The lowest BCUT2D eigenvalue weighted by Gasteiger charge is -2.13. The van der Waals surface area contributed by atoms with E-state index >= 15 is 0 Å². The summed E-state index contributed by atoms with van der Waals surface area (Å²) in [5.74, 6) is 2.11. The average Bonchev–Trinajstić information content (AvgIpc) is 3.09. The Bertz CT molecular complexity index is 980. The molecule has 0 unspecified atom stereocenters. The molecule has 0 saturated carbocycles. The van der Waals surface area contributed by atoms with E-state index in [0.717, 1.165) is 36.2 Å². The van der Waals surface area contributed by atoms with E-state index in [2.05, 4.69) is 22.2 Å². The van der Waals surface area contributed by atoms with Gasteiger partial charge in [0, 0.05) is 12.0 Å². The first-order chi connectivity index (χ1) is 13.7. The molecule has 0 aliphatic carbocycles. The lowest BCUT2D eigenvalue weighted by atomic mass is 10.2. The Hall–Kier alpha value is -2.93. The number of benzene rings is 2. The van der Waals surface area contributed by atoms with Gasteiger partial charge in [-0.25, -0.2) is 0 Å². The Morgan fingerprint density at radius 3 is 2.75 bits per heavy atom. The molecule has 1 aromatic heterocycles. The van der Waals surface area contributed by atoms with Gasteiger partial charge in [0.05, 0.1) is 13.3 Å². The quantitative estimate of drug-likeness (QED) is 0.419. The average molecular weight is 397 g/mol. The predicted octanol–water partition coefficient (Wildman–Crippen LogP) is 4.75. The zero-order valence-electron chi connectivity index (χ0n) is 16.1. The van der Waals surface area contributed by atoms with Gasteiger partial charge < -0.3 is 9.47 Å². The number of aryl methyl sites for hydroxylation is 1. The third-order valence-electron chi connectivity index (χ3n) is 4.24. The molecule has 0 spiro atoms. The summed E-state index contributed by atoms with van der Waals surface area (Å²) in [7, 11) is 1.63. The highest BCUT2D eigenvalue weighted by Crippen LogP contribution is 2.31. The van der Waals surface area contributed by atoms with Crippen LogP contribution in [-0.2, 0) is 13.0 Å². The van der Waals surface area contributed by atoms with Gasteiger partial charge in [-0.05, 0) is 36.3 Å². The van der Waals surface area contributed by atoms with Gasteiger partial charge in [-0.2, -0.15) is 14.9 Å². The molecule has 0 atom stereocenters. The van der Waals surface area contributed by atoms with Crippen molar-refractivity contribution >= 4 is 18.4 Å². The molecular weight excluding hydrogens is 372 g/mol. The fourth-order valence-corrected chi connectivity index (χ4v) is 2.94. The second-order valence-corrected chi connectivity index (χ2v) is 6.64. The van der Waals surface area contributed by atoms with Crippen molar-refractivity contribution in [2.24, 2.45) is 5.10 Å². The third kappa shape index (κ3) is 4.86. The SMILES string of the molecule is CCCCc1n[nH]c(=S)n1/N=C/c1cccc(OC)c1OCc1ccccc1.